The van der Waals surface area contributed by atoms with E-state index in [0.717, 1.165) is 11.1 Å². The number of rotatable bonds is 9. The minimum Gasteiger partial charge on any atom is -0.481 e. The molecule has 1 aromatic heterocycles. The fourth-order valence-corrected chi connectivity index (χ4v) is 2.63. The van der Waals surface area contributed by atoms with Crippen molar-refractivity contribution in [3.63, 3.8) is 0 Å². The quantitative estimate of drug-likeness (QED) is 0.590. The Bertz CT molecular complexity index is 767. The number of benzene rings is 1. The lowest BCUT2D eigenvalue weighted by molar-refractivity contribution is -0.140. The third-order valence-corrected chi connectivity index (χ3v) is 4.00. The van der Waals surface area contributed by atoms with Gasteiger partial charge in [-0.3, -0.25) is 14.4 Å². The molecule has 3 N–H and O–H groups in total. The van der Waals surface area contributed by atoms with E-state index in [2.05, 4.69) is 10.3 Å². The molecule has 2 rings (SSSR count). The number of ether oxygens (including phenoxy) is 1. The SMILES string of the molecule is COC(=O)Cc1c(CCC(=O)O)c[nH]c1CNC(=O)Cc1ccccc1. The Kier molecular flexibility index (Phi) is 6.96. The monoisotopic (exact) mass is 358 g/mol. The van der Waals surface area contributed by atoms with Gasteiger partial charge in [-0.2, -0.15) is 0 Å². The van der Waals surface area contributed by atoms with Crippen LogP contribution in [0.5, 0.6) is 0 Å². The van der Waals surface area contributed by atoms with E-state index in [9.17, 15) is 14.4 Å². The number of carboxylic acid groups (broad SMARTS) is 1. The number of H-pyrrole nitrogens is 1. The number of aromatic amines is 1. The van der Waals surface area contributed by atoms with Crippen LogP contribution in [0.15, 0.2) is 36.5 Å². The highest BCUT2D eigenvalue weighted by Gasteiger charge is 2.16. The summed E-state index contributed by atoms with van der Waals surface area (Å²) in [5.41, 5.74) is 3.01. The fourth-order valence-electron chi connectivity index (χ4n) is 2.63. The molecule has 0 unspecified atom stereocenters. The number of aryl methyl sites for hydroxylation is 1. The second-order valence-electron chi connectivity index (χ2n) is 5.86. The van der Waals surface area contributed by atoms with Crippen molar-refractivity contribution in [3.8, 4) is 0 Å². The molecule has 1 heterocycles. The number of amides is 1. The molecule has 0 aliphatic heterocycles. The first-order valence-electron chi connectivity index (χ1n) is 8.26. The lowest BCUT2D eigenvalue weighted by atomic mass is 10.0. The highest BCUT2D eigenvalue weighted by Crippen LogP contribution is 2.18. The maximum absolute atomic E-state index is 12.1. The van der Waals surface area contributed by atoms with Gasteiger partial charge >= 0.3 is 11.9 Å². The minimum absolute atomic E-state index is 0.0266. The van der Waals surface area contributed by atoms with Crippen LogP contribution in [0, 0.1) is 0 Å². The highest BCUT2D eigenvalue weighted by atomic mass is 16.5. The van der Waals surface area contributed by atoms with Crippen LogP contribution in [0.1, 0.15) is 28.8 Å². The van der Waals surface area contributed by atoms with Gasteiger partial charge in [-0.15, -0.1) is 0 Å². The van der Waals surface area contributed by atoms with Gasteiger partial charge < -0.3 is 20.1 Å². The number of carbonyl (C=O) groups excluding carboxylic acids is 2. The lowest BCUT2D eigenvalue weighted by Crippen LogP contribution is -2.25. The predicted molar refractivity (Wildman–Crippen MR) is 94.5 cm³/mol. The average Bonchev–Trinajstić information content (AvgIpc) is 3.00. The molecule has 0 saturated carbocycles. The van der Waals surface area contributed by atoms with Gasteiger partial charge in [0.05, 0.1) is 26.5 Å². The van der Waals surface area contributed by atoms with E-state index < -0.39 is 11.9 Å². The van der Waals surface area contributed by atoms with E-state index in [1.165, 1.54) is 7.11 Å². The third kappa shape index (κ3) is 5.77. The van der Waals surface area contributed by atoms with Crippen molar-refractivity contribution in [1.29, 1.82) is 0 Å². The van der Waals surface area contributed by atoms with Crippen molar-refractivity contribution < 1.29 is 24.2 Å². The molecule has 0 fully saturated rings. The van der Waals surface area contributed by atoms with Gasteiger partial charge in [-0.25, -0.2) is 0 Å². The second kappa shape index (κ2) is 9.41. The Balaban J connectivity index is 2.03. The molecule has 7 heteroatoms. The van der Waals surface area contributed by atoms with Crippen LogP contribution in [0.3, 0.4) is 0 Å². The summed E-state index contributed by atoms with van der Waals surface area (Å²) in [6.07, 6.45) is 2.24. The summed E-state index contributed by atoms with van der Waals surface area (Å²) in [5, 5.41) is 11.7. The van der Waals surface area contributed by atoms with Crippen LogP contribution < -0.4 is 5.32 Å². The summed E-state index contributed by atoms with van der Waals surface area (Å²) in [5.74, 6) is -1.46. The Morgan fingerprint density at radius 1 is 1.15 bits per heavy atom. The molecule has 0 radical (unpaired) electrons. The van der Waals surface area contributed by atoms with Crippen molar-refractivity contribution in [2.24, 2.45) is 0 Å². The molecule has 0 aliphatic carbocycles. The summed E-state index contributed by atoms with van der Waals surface area (Å²) < 4.78 is 4.71. The Hall–Kier alpha value is -3.09. The maximum atomic E-state index is 12.1. The van der Waals surface area contributed by atoms with Gasteiger partial charge in [0.2, 0.25) is 5.91 Å². The van der Waals surface area contributed by atoms with Crippen molar-refractivity contribution in [2.45, 2.75) is 32.2 Å². The molecular weight excluding hydrogens is 336 g/mol. The van der Waals surface area contributed by atoms with Crippen LogP contribution in [0.2, 0.25) is 0 Å². The zero-order valence-electron chi connectivity index (χ0n) is 14.6. The summed E-state index contributed by atoms with van der Waals surface area (Å²) in [4.78, 5) is 37.6. The van der Waals surface area contributed by atoms with Gasteiger partial charge in [-0.1, -0.05) is 30.3 Å². The number of esters is 1. The van der Waals surface area contributed by atoms with E-state index in [4.69, 9.17) is 9.84 Å². The molecule has 1 aromatic carbocycles. The normalized spacial score (nSPS) is 10.3. The van der Waals surface area contributed by atoms with Crippen LogP contribution in [0.4, 0.5) is 0 Å². The first kappa shape index (κ1) is 19.2. The van der Waals surface area contributed by atoms with E-state index in [1.54, 1.807) is 6.20 Å². The van der Waals surface area contributed by atoms with E-state index in [-0.39, 0.29) is 31.7 Å². The van der Waals surface area contributed by atoms with Crippen LogP contribution in [-0.4, -0.2) is 35.0 Å². The average molecular weight is 358 g/mol. The van der Waals surface area contributed by atoms with Gasteiger partial charge in [0, 0.05) is 18.3 Å². The Labute approximate surface area is 151 Å². The van der Waals surface area contributed by atoms with Crippen molar-refractivity contribution in [3.05, 3.63) is 58.9 Å². The van der Waals surface area contributed by atoms with Gasteiger partial charge in [-0.05, 0) is 23.1 Å². The third-order valence-electron chi connectivity index (χ3n) is 4.00. The Morgan fingerprint density at radius 3 is 2.54 bits per heavy atom. The fraction of sp³-hybridized carbons (Fsp3) is 0.316. The number of aliphatic carboxylic acids is 1. The second-order valence-corrected chi connectivity index (χ2v) is 5.86. The molecule has 0 aliphatic rings. The van der Waals surface area contributed by atoms with Crippen LogP contribution in [0.25, 0.3) is 0 Å². The summed E-state index contributed by atoms with van der Waals surface area (Å²) >= 11 is 0. The topological polar surface area (TPSA) is 108 Å². The first-order chi connectivity index (χ1) is 12.5. The summed E-state index contributed by atoms with van der Waals surface area (Å²) in [6, 6.07) is 9.38. The van der Waals surface area contributed by atoms with Gasteiger partial charge in [0.15, 0.2) is 0 Å². The zero-order chi connectivity index (χ0) is 18.9. The van der Waals surface area contributed by atoms with E-state index in [1.807, 2.05) is 30.3 Å². The van der Waals surface area contributed by atoms with Gasteiger partial charge in [0.1, 0.15) is 0 Å². The number of aromatic nitrogens is 1. The molecule has 0 atom stereocenters. The molecule has 26 heavy (non-hydrogen) atoms. The molecule has 1 amide bonds. The van der Waals surface area contributed by atoms with Crippen LogP contribution >= 0.6 is 0 Å². The number of methoxy groups -OCH3 is 1. The smallest absolute Gasteiger partial charge is 0.310 e. The molecule has 138 valence electrons. The number of hydrogen-bond donors (Lipinski definition) is 3. The number of carboxylic acids is 1. The molecule has 0 bridgehead atoms. The van der Waals surface area contributed by atoms with Crippen molar-refractivity contribution in [2.75, 3.05) is 7.11 Å². The summed E-state index contributed by atoms with van der Waals surface area (Å²) in [6.45, 7) is 0.227. The molecule has 0 spiro atoms. The molecule has 7 nitrogen and oxygen atoms in total. The predicted octanol–water partition coefficient (Wildman–Crippen LogP) is 1.61. The number of carbonyl (C=O) groups is 3. The van der Waals surface area contributed by atoms with E-state index in [0.29, 0.717) is 17.7 Å². The lowest BCUT2D eigenvalue weighted by Gasteiger charge is -2.08. The first-order valence-corrected chi connectivity index (χ1v) is 8.26. The minimum atomic E-state index is -0.909. The van der Waals surface area contributed by atoms with Crippen LogP contribution in [-0.2, 0) is 44.9 Å². The Morgan fingerprint density at radius 2 is 1.88 bits per heavy atom. The highest BCUT2D eigenvalue weighted by molar-refractivity contribution is 5.78. The van der Waals surface area contributed by atoms with Gasteiger partial charge in [0.25, 0.3) is 0 Å². The maximum Gasteiger partial charge on any atom is 0.310 e. The van der Waals surface area contributed by atoms with Crippen molar-refractivity contribution >= 4 is 17.8 Å². The zero-order valence-corrected chi connectivity index (χ0v) is 14.6. The van der Waals surface area contributed by atoms with E-state index >= 15 is 0 Å². The van der Waals surface area contributed by atoms with Crippen molar-refractivity contribution in [1.82, 2.24) is 10.3 Å². The molecule has 0 saturated heterocycles. The number of hydrogen-bond acceptors (Lipinski definition) is 4. The molecular formula is C19H22N2O5. The standard InChI is InChI=1S/C19H22N2O5/c1-26-19(25)10-15-14(7-8-18(23)24)11-20-16(15)12-21-17(22)9-13-5-3-2-4-6-13/h2-6,11,20H,7-10,12H2,1H3,(H,21,22)(H,23,24). The summed E-state index contributed by atoms with van der Waals surface area (Å²) in [7, 11) is 1.30. The number of nitrogens with one attached hydrogen (secondary N) is 2. The largest absolute Gasteiger partial charge is 0.481 e. The molecule has 2 aromatic rings.